The highest BCUT2D eigenvalue weighted by molar-refractivity contribution is 5.94. The summed E-state index contributed by atoms with van der Waals surface area (Å²) < 4.78 is 5.47. The molecule has 0 fully saturated rings. The van der Waals surface area contributed by atoms with E-state index < -0.39 is 10.8 Å². The molecule has 2 aromatic rings. The van der Waals surface area contributed by atoms with Gasteiger partial charge in [-0.15, -0.1) is 0 Å². The van der Waals surface area contributed by atoms with E-state index in [1.54, 1.807) is 19.1 Å². The highest BCUT2D eigenvalue weighted by Gasteiger charge is 2.16. The molecule has 6 heteroatoms. The Morgan fingerprint density at radius 3 is 2.67 bits per heavy atom. The number of rotatable bonds is 6. The summed E-state index contributed by atoms with van der Waals surface area (Å²) >= 11 is 0. The van der Waals surface area contributed by atoms with Crippen molar-refractivity contribution in [1.82, 2.24) is 0 Å². The number of anilines is 1. The fourth-order valence-corrected chi connectivity index (χ4v) is 2.20. The molecule has 126 valence electrons. The van der Waals surface area contributed by atoms with E-state index in [9.17, 15) is 14.9 Å². The Balaban J connectivity index is 2.02. The number of ether oxygens (including phenoxy) is 1. The molecule has 24 heavy (non-hydrogen) atoms. The first-order valence-corrected chi connectivity index (χ1v) is 7.64. The van der Waals surface area contributed by atoms with Crippen molar-refractivity contribution in [1.29, 1.82) is 0 Å². The Kier molecular flexibility index (Phi) is 5.52. The minimum Gasteiger partial charge on any atom is -0.484 e. The lowest BCUT2D eigenvalue weighted by Crippen LogP contribution is -2.20. The molecule has 0 aromatic heterocycles. The number of nitro benzene ring substituents is 1. The second-order valence-corrected chi connectivity index (χ2v) is 5.84. The zero-order chi connectivity index (χ0) is 17.7. The lowest BCUT2D eigenvalue weighted by Gasteiger charge is -2.10. The molecule has 0 bridgehead atoms. The van der Waals surface area contributed by atoms with Gasteiger partial charge in [0.2, 0.25) is 0 Å². The quantitative estimate of drug-likeness (QED) is 0.641. The van der Waals surface area contributed by atoms with E-state index in [0.717, 1.165) is 11.1 Å². The topological polar surface area (TPSA) is 81.5 Å². The molecule has 0 saturated carbocycles. The largest absolute Gasteiger partial charge is 0.484 e. The van der Waals surface area contributed by atoms with E-state index in [2.05, 4.69) is 19.2 Å². The Morgan fingerprint density at radius 1 is 1.25 bits per heavy atom. The van der Waals surface area contributed by atoms with E-state index >= 15 is 0 Å². The molecular formula is C18H20N2O4. The van der Waals surface area contributed by atoms with Crippen molar-refractivity contribution in [2.45, 2.75) is 26.7 Å². The normalized spacial score (nSPS) is 10.5. The van der Waals surface area contributed by atoms with E-state index in [0.29, 0.717) is 11.7 Å². The molecule has 0 aliphatic heterocycles. The summed E-state index contributed by atoms with van der Waals surface area (Å²) in [5.74, 6) is 0.504. The molecular weight excluding hydrogens is 308 g/mol. The average Bonchev–Trinajstić information content (AvgIpc) is 2.54. The molecule has 0 atom stereocenters. The maximum Gasteiger partial charge on any atom is 0.293 e. The lowest BCUT2D eigenvalue weighted by atomic mass is 10.0. The lowest BCUT2D eigenvalue weighted by molar-refractivity contribution is -0.384. The molecule has 1 amide bonds. The molecule has 1 N–H and O–H groups in total. The summed E-state index contributed by atoms with van der Waals surface area (Å²) in [6, 6.07) is 12.2. The van der Waals surface area contributed by atoms with E-state index in [1.807, 2.05) is 18.2 Å². The number of aryl methyl sites for hydroxylation is 1. The molecule has 0 radical (unpaired) electrons. The van der Waals surface area contributed by atoms with Crippen molar-refractivity contribution in [2.24, 2.45) is 0 Å². The molecule has 0 aliphatic carbocycles. The highest BCUT2D eigenvalue weighted by Crippen LogP contribution is 2.25. The fraction of sp³-hybridized carbons (Fsp3) is 0.278. The van der Waals surface area contributed by atoms with Gasteiger partial charge in [-0.05, 0) is 42.2 Å². The monoisotopic (exact) mass is 328 g/mol. The highest BCUT2D eigenvalue weighted by atomic mass is 16.6. The van der Waals surface area contributed by atoms with Crippen LogP contribution in [0.25, 0.3) is 0 Å². The predicted octanol–water partition coefficient (Wildman–Crippen LogP) is 4.04. The maximum atomic E-state index is 12.0. The average molecular weight is 328 g/mol. The van der Waals surface area contributed by atoms with Crippen LogP contribution in [0.4, 0.5) is 11.4 Å². The van der Waals surface area contributed by atoms with Gasteiger partial charge in [-0.2, -0.15) is 0 Å². The van der Waals surface area contributed by atoms with Crippen molar-refractivity contribution < 1.29 is 14.5 Å². The summed E-state index contributed by atoms with van der Waals surface area (Å²) in [5, 5.41) is 13.6. The minimum atomic E-state index is -0.518. The van der Waals surface area contributed by atoms with Gasteiger partial charge in [0.05, 0.1) is 4.92 Å². The summed E-state index contributed by atoms with van der Waals surface area (Å²) in [4.78, 5) is 22.5. The molecule has 0 unspecified atom stereocenters. The van der Waals surface area contributed by atoms with E-state index in [4.69, 9.17) is 4.74 Å². The SMILES string of the molecule is Cc1ccc(NC(=O)COc2cccc(C(C)C)c2)c([N+](=O)[O-])c1. The van der Waals surface area contributed by atoms with Gasteiger partial charge >= 0.3 is 0 Å². The predicted molar refractivity (Wildman–Crippen MR) is 92.5 cm³/mol. The number of carbonyl (C=O) groups is 1. The first-order valence-electron chi connectivity index (χ1n) is 7.64. The van der Waals surface area contributed by atoms with Crippen molar-refractivity contribution >= 4 is 17.3 Å². The van der Waals surface area contributed by atoms with E-state index in [1.165, 1.54) is 12.1 Å². The number of amides is 1. The number of nitrogens with one attached hydrogen (secondary N) is 1. The number of benzene rings is 2. The summed E-state index contributed by atoms with van der Waals surface area (Å²) in [6.07, 6.45) is 0. The maximum absolute atomic E-state index is 12.0. The standard InChI is InChI=1S/C18H20N2O4/c1-12(2)14-5-4-6-15(10-14)24-11-18(21)19-16-8-7-13(3)9-17(16)20(22)23/h4-10,12H,11H2,1-3H3,(H,19,21). The van der Waals surface area contributed by atoms with Gasteiger partial charge in [0, 0.05) is 6.07 Å². The fourth-order valence-electron chi connectivity index (χ4n) is 2.20. The molecule has 0 heterocycles. The summed E-state index contributed by atoms with van der Waals surface area (Å²) in [6.45, 7) is 5.68. The van der Waals surface area contributed by atoms with Crippen molar-refractivity contribution in [2.75, 3.05) is 11.9 Å². The first-order chi connectivity index (χ1) is 11.4. The number of nitro groups is 1. The molecule has 2 rings (SSSR count). The zero-order valence-corrected chi connectivity index (χ0v) is 13.9. The number of carbonyl (C=O) groups excluding carboxylic acids is 1. The van der Waals surface area contributed by atoms with Crippen LogP contribution in [0, 0.1) is 17.0 Å². The second-order valence-electron chi connectivity index (χ2n) is 5.84. The van der Waals surface area contributed by atoms with Crippen LogP contribution in [0.2, 0.25) is 0 Å². The molecule has 6 nitrogen and oxygen atoms in total. The second kappa shape index (κ2) is 7.59. The van der Waals surface area contributed by atoms with Gasteiger partial charge in [0.1, 0.15) is 11.4 Å². The van der Waals surface area contributed by atoms with Crippen LogP contribution in [-0.4, -0.2) is 17.4 Å². The van der Waals surface area contributed by atoms with Crippen LogP contribution >= 0.6 is 0 Å². The van der Waals surface area contributed by atoms with Crippen LogP contribution in [0.5, 0.6) is 5.75 Å². The van der Waals surface area contributed by atoms with Crippen LogP contribution in [-0.2, 0) is 4.79 Å². The molecule has 0 aliphatic rings. The number of hydrogen-bond acceptors (Lipinski definition) is 4. The Morgan fingerprint density at radius 2 is 2.00 bits per heavy atom. The summed E-state index contributed by atoms with van der Waals surface area (Å²) in [5.41, 5.74) is 1.89. The number of hydrogen-bond donors (Lipinski definition) is 1. The van der Waals surface area contributed by atoms with Gasteiger partial charge < -0.3 is 10.1 Å². The van der Waals surface area contributed by atoms with Crippen LogP contribution in [0.15, 0.2) is 42.5 Å². The Hall–Kier alpha value is -2.89. The van der Waals surface area contributed by atoms with Crippen LogP contribution in [0.1, 0.15) is 30.9 Å². The van der Waals surface area contributed by atoms with Gasteiger partial charge in [-0.25, -0.2) is 0 Å². The molecule has 2 aromatic carbocycles. The molecule has 0 spiro atoms. The third kappa shape index (κ3) is 4.55. The van der Waals surface area contributed by atoms with Crippen molar-refractivity contribution in [3.05, 3.63) is 63.7 Å². The van der Waals surface area contributed by atoms with Gasteiger partial charge in [-0.1, -0.05) is 32.0 Å². The molecule has 0 saturated heterocycles. The van der Waals surface area contributed by atoms with Crippen molar-refractivity contribution in [3.63, 3.8) is 0 Å². The Bertz CT molecular complexity index is 756. The Labute approximate surface area is 140 Å². The first kappa shape index (κ1) is 17.5. The van der Waals surface area contributed by atoms with Crippen LogP contribution < -0.4 is 10.1 Å². The minimum absolute atomic E-state index is 0.134. The van der Waals surface area contributed by atoms with Crippen LogP contribution in [0.3, 0.4) is 0 Å². The van der Waals surface area contributed by atoms with Gasteiger partial charge in [-0.3, -0.25) is 14.9 Å². The van der Waals surface area contributed by atoms with Crippen molar-refractivity contribution in [3.8, 4) is 5.75 Å². The zero-order valence-electron chi connectivity index (χ0n) is 13.9. The third-order valence-electron chi connectivity index (χ3n) is 3.52. The summed E-state index contributed by atoms with van der Waals surface area (Å²) in [7, 11) is 0. The number of nitrogens with zero attached hydrogens (tertiary/aromatic N) is 1. The third-order valence-corrected chi connectivity index (χ3v) is 3.52. The smallest absolute Gasteiger partial charge is 0.293 e. The van der Waals surface area contributed by atoms with Gasteiger partial charge in [0.15, 0.2) is 6.61 Å². The van der Waals surface area contributed by atoms with E-state index in [-0.39, 0.29) is 18.0 Å². The van der Waals surface area contributed by atoms with Gasteiger partial charge in [0.25, 0.3) is 11.6 Å².